The Balaban J connectivity index is 2.17. The lowest BCUT2D eigenvalue weighted by Crippen LogP contribution is -2.30. The Kier molecular flexibility index (Phi) is 6.85. The van der Waals surface area contributed by atoms with E-state index in [-0.39, 0.29) is 0 Å². The normalized spacial score (nSPS) is 11.7. The van der Waals surface area contributed by atoms with Crippen molar-refractivity contribution in [3.8, 4) is 0 Å². The monoisotopic (exact) mass is 263 g/mol. The molecule has 3 heteroatoms. The van der Waals surface area contributed by atoms with Gasteiger partial charge in [-0.2, -0.15) is 0 Å². The number of hydrogen-bond donors (Lipinski definition) is 2. The molecule has 0 aromatic carbocycles. The molecule has 0 saturated heterocycles. The largest absolute Gasteiger partial charge is 0.397 e. The molecular weight excluding hydrogens is 234 g/mol. The summed E-state index contributed by atoms with van der Waals surface area (Å²) in [5.74, 6) is 0. The Bertz CT molecular complexity index is 344. The van der Waals surface area contributed by atoms with Gasteiger partial charge in [-0.3, -0.25) is 4.98 Å². The smallest absolute Gasteiger partial charge is 0.0501 e. The molecule has 1 aromatic rings. The molecule has 1 aromatic heterocycles. The van der Waals surface area contributed by atoms with Crippen LogP contribution < -0.4 is 11.1 Å². The zero-order valence-electron chi connectivity index (χ0n) is 12.7. The Hall–Kier alpha value is -1.09. The predicted molar refractivity (Wildman–Crippen MR) is 83.1 cm³/mol. The van der Waals surface area contributed by atoms with Crippen LogP contribution in [0, 0.1) is 5.41 Å². The molecule has 1 heterocycles. The molecule has 108 valence electrons. The van der Waals surface area contributed by atoms with Crippen molar-refractivity contribution in [1.82, 2.24) is 10.3 Å². The zero-order chi connectivity index (χ0) is 14.1. The summed E-state index contributed by atoms with van der Waals surface area (Å²) in [6.45, 7) is 9.00. The second-order valence-electron chi connectivity index (χ2n) is 6.13. The van der Waals surface area contributed by atoms with Crippen LogP contribution in [0.5, 0.6) is 0 Å². The highest BCUT2D eigenvalue weighted by atomic mass is 14.9. The number of rotatable bonds is 9. The molecule has 0 aliphatic carbocycles. The number of nitrogen functional groups attached to an aromatic ring is 1. The first-order valence-corrected chi connectivity index (χ1v) is 7.44. The Labute approximate surface area is 118 Å². The van der Waals surface area contributed by atoms with Gasteiger partial charge >= 0.3 is 0 Å². The number of nitrogens with two attached hydrogens (primary N) is 1. The van der Waals surface area contributed by atoms with Crippen LogP contribution in [0.25, 0.3) is 0 Å². The molecule has 0 fully saturated rings. The highest BCUT2D eigenvalue weighted by Gasteiger charge is 2.16. The van der Waals surface area contributed by atoms with E-state index >= 15 is 0 Å². The van der Waals surface area contributed by atoms with E-state index in [0.717, 1.165) is 30.9 Å². The lowest BCUT2D eigenvalue weighted by atomic mass is 9.87. The van der Waals surface area contributed by atoms with Gasteiger partial charge in [-0.15, -0.1) is 0 Å². The van der Waals surface area contributed by atoms with Gasteiger partial charge in [0.15, 0.2) is 0 Å². The van der Waals surface area contributed by atoms with Gasteiger partial charge in [-0.25, -0.2) is 0 Å². The molecule has 0 atom stereocenters. The molecule has 0 amide bonds. The van der Waals surface area contributed by atoms with E-state index in [0.29, 0.717) is 5.41 Å². The molecular formula is C16H29N3. The predicted octanol–water partition coefficient (Wildman–Crippen LogP) is 3.40. The summed E-state index contributed by atoms with van der Waals surface area (Å²) in [5, 5.41) is 3.54. The van der Waals surface area contributed by atoms with Crippen molar-refractivity contribution in [3.63, 3.8) is 0 Å². The molecule has 0 unspecified atom stereocenters. The highest BCUT2D eigenvalue weighted by molar-refractivity contribution is 5.34. The minimum atomic E-state index is 0.393. The Morgan fingerprint density at radius 2 is 2.05 bits per heavy atom. The fourth-order valence-corrected chi connectivity index (χ4v) is 2.17. The molecule has 0 aliphatic rings. The first-order valence-electron chi connectivity index (χ1n) is 7.44. The summed E-state index contributed by atoms with van der Waals surface area (Å²) in [4.78, 5) is 4.31. The maximum absolute atomic E-state index is 5.62. The van der Waals surface area contributed by atoms with Crippen LogP contribution in [0.3, 0.4) is 0 Å². The van der Waals surface area contributed by atoms with Crippen molar-refractivity contribution in [2.45, 2.75) is 52.9 Å². The van der Waals surface area contributed by atoms with Gasteiger partial charge in [0.2, 0.25) is 0 Å². The van der Waals surface area contributed by atoms with Crippen molar-refractivity contribution < 1.29 is 0 Å². The van der Waals surface area contributed by atoms with Crippen LogP contribution in [-0.4, -0.2) is 18.1 Å². The minimum absolute atomic E-state index is 0.393. The number of hydrogen-bond acceptors (Lipinski definition) is 3. The van der Waals surface area contributed by atoms with Gasteiger partial charge in [0.05, 0.1) is 11.9 Å². The lowest BCUT2D eigenvalue weighted by Gasteiger charge is -2.25. The molecule has 3 nitrogen and oxygen atoms in total. The maximum atomic E-state index is 5.62. The standard InChI is InChI=1S/C16H29N3/c1-4-5-6-10-16(2,3)13-18-11-9-15-8-7-14(17)12-19-15/h7-8,12,18H,4-6,9-11,13,17H2,1-3H3. The molecule has 0 bridgehead atoms. The Morgan fingerprint density at radius 3 is 2.68 bits per heavy atom. The molecule has 3 N–H and O–H groups in total. The van der Waals surface area contributed by atoms with E-state index in [4.69, 9.17) is 5.73 Å². The average Bonchev–Trinajstić information content (AvgIpc) is 2.37. The second-order valence-corrected chi connectivity index (χ2v) is 6.13. The first-order chi connectivity index (χ1) is 9.03. The summed E-state index contributed by atoms with van der Waals surface area (Å²) >= 11 is 0. The SMILES string of the molecule is CCCCCC(C)(C)CNCCc1ccc(N)cn1. The topological polar surface area (TPSA) is 50.9 Å². The van der Waals surface area contributed by atoms with Crippen molar-refractivity contribution in [3.05, 3.63) is 24.0 Å². The van der Waals surface area contributed by atoms with E-state index in [1.807, 2.05) is 12.1 Å². The summed E-state index contributed by atoms with van der Waals surface area (Å²) < 4.78 is 0. The Morgan fingerprint density at radius 1 is 1.26 bits per heavy atom. The third-order valence-electron chi connectivity index (χ3n) is 3.47. The maximum Gasteiger partial charge on any atom is 0.0501 e. The van der Waals surface area contributed by atoms with Gasteiger partial charge in [0, 0.05) is 25.2 Å². The van der Waals surface area contributed by atoms with Crippen LogP contribution in [0.1, 0.15) is 52.1 Å². The van der Waals surface area contributed by atoms with E-state index in [1.165, 1.54) is 25.7 Å². The minimum Gasteiger partial charge on any atom is -0.397 e. The number of unbranched alkanes of at least 4 members (excludes halogenated alkanes) is 2. The van der Waals surface area contributed by atoms with Crippen molar-refractivity contribution in [2.24, 2.45) is 5.41 Å². The van der Waals surface area contributed by atoms with Crippen molar-refractivity contribution in [1.29, 1.82) is 0 Å². The van der Waals surface area contributed by atoms with Crippen LogP contribution in [-0.2, 0) is 6.42 Å². The number of nitrogens with zero attached hydrogens (tertiary/aromatic N) is 1. The van der Waals surface area contributed by atoms with Crippen LogP contribution >= 0.6 is 0 Å². The van der Waals surface area contributed by atoms with Crippen LogP contribution in [0.4, 0.5) is 5.69 Å². The molecule has 0 saturated carbocycles. The van der Waals surface area contributed by atoms with E-state index < -0.39 is 0 Å². The number of pyridine rings is 1. The van der Waals surface area contributed by atoms with Crippen LogP contribution in [0.2, 0.25) is 0 Å². The third-order valence-corrected chi connectivity index (χ3v) is 3.47. The van der Waals surface area contributed by atoms with Gasteiger partial charge in [0.25, 0.3) is 0 Å². The van der Waals surface area contributed by atoms with Crippen molar-refractivity contribution in [2.75, 3.05) is 18.8 Å². The van der Waals surface area contributed by atoms with Crippen molar-refractivity contribution >= 4 is 5.69 Å². The van der Waals surface area contributed by atoms with Crippen LogP contribution in [0.15, 0.2) is 18.3 Å². The summed E-state index contributed by atoms with van der Waals surface area (Å²) in [5.41, 5.74) is 7.84. The number of aromatic nitrogens is 1. The molecule has 0 spiro atoms. The average molecular weight is 263 g/mol. The lowest BCUT2D eigenvalue weighted by molar-refractivity contribution is 0.303. The fourth-order valence-electron chi connectivity index (χ4n) is 2.17. The van der Waals surface area contributed by atoms with E-state index in [1.54, 1.807) is 6.20 Å². The van der Waals surface area contributed by atoms with Gasteiger partial charge in [0.1, 0.15) is 0 Å². The fraction of sp³-hybridized carbons (Fsp3) is 0.688. The zero-order valence-corrected chi connectivity index (χ0v) is 12.7. The molecule has 0 aliphatic heterocycles. The van der Waals surface area contributed by atoms with Gasteiger partial charge < -0.3 is 11.1 Å². The summed E-state index contributed by atoms with van der Waals surface area (Å²) in [6, 6.07) is 3.92. The van der Waals surface area contributed by atoms with Gasteiger partial charge in [-0.05, 0) is 24.0 Å². The quantitative estimate of drug-likeness (QED) is 0.671. The first kappa shape index (κ1) is 16.0. The number of anilines is 1. The summed E-state index contributed by atoms with van der Waals surface area (Å²) in [6.07, 6.45) is 7.97. The second kappa shape index (κ2) is 8.16. The van der Waals surface area contributed by atoms with E-state index in [2.05, 4.69) is 31.1 Å². The summed E-state index contributed by atoms with van der Waals surface area (Å²) in [7, 11) is 0. The van der Waals surface area contributed by atoms with Gasteiger partial charge in [-0.1, -0.05) is 40.0 Å². The highest BCUT2D eigenvalue weighted by Crippen LogP contribution is 2.22. The molecule has 19 heavy (non-hydrogen) atoms. The molecule has 1 rings (SSSR count). The van der Waals surface area contributed by atoms with E-state index in [9.17, 15) is 0 Å². The molecule has 0 radical (unpaired) electrons. The third kappa shape index (κ3) is 7.16. The number of nitrogens with one attached hydrogen (secondary N) is 1.